The second kappa shape index (κ2) is 10.4. The fourth-order valence-electron chi connectivity index (χ4n) is 2.39. The van der Waals surface area contributed by atoms with Gasteiger partial charge in [0.25, 0.3) is 0 Å². The molecule has 0 radical (unpaired) electrons. The molecule has 3 heteroatoms. The van der Waals surface area contributed by atoms with E-state index < -0.39 is 0 Å². The van der Waals surface area contributed by atoms with Crippen LogP contribution in [0, 0.1) is 11.8 Å². The first-order valence-corrected chi connectivity index (χ1v) is 7.39. The number of rotatable bonds is 10. The molecule has 0 spiro atoms. The van der Waals surface area contributed by atoms with Gasteiger partial charge in [-0.15, -0.1) is 0 Å². The summed E-state index contributed by atoms with van der Waals surface area (Å²) in [5.41, 5.74) is 5.59. The number of ether oxygens (including phenoxy) is 1. The standard InChI is InChI=1S/C15H31NO2/c1-5-6-14(9-10-16)7-8-15(17)18-13(4)11-12(2)3/h12-14H,5-11,16H2,1-4H3. The van der Waals surface area contributed by atoms with E-state index in [-0.39, 0.29) is 12.1 Å². The summed E-state index contributed by atoms with van der Waals surface area (Å²) in [7, 11) is 0. The molecule has 0 saturated carbocycles. The van der Waals surface area contributed by atoms with Crippen LogP contribution in [-0.2, 0) is 9.53 Å². The van der Waals surface area contributed by atoms with E-state index in [0.29, 0.717) is 24.8 Å². The molecule has 108 valence electrons. The van der Waals surface area contributed by atoms with Crippen LogP contribution in [-0.4, -0.2) is 18.6 Å². The van der Waals surface area contributed by atoms with Gasteiger partial charge in [0, 0.05) is 6.42 Å². The van der Waals surface area contributed by atoms with E-state index in [9.17, 15) is 4.79 Å². The lowest BCUT2D eigenvalue weighted by molar-refractivity contribution is -0.149. The van der Waals surface area contributed by atoms with Crippen LogP contribution in [0.2, 0.25) is 0 Å². The Kier molecular flexibility index (Phi) is 10.0. The highest BCUT2D eigenvalue weighted by atomic mass is 16.5. The van der Waals surface area contributed by atoms with E-state index in [1.807, 2.05) is 6.92 Å². The SMILES string of the molecule is CCCC(CCN)CCC(=O)OC(C)CC(C)C. The molecule has 2 atom stereocenters. The molecule has 3 nitrogen and oxygen atoms in total. The molecule has 0 rings (SSSR count). The third-order valence-corrected chi connectivity index (χ3v) is 3.16. The maximum Gasteiger partial charge on any atom is 0.306 e. The molecule has 0 aliphatic rings. The van der Waals surface area contributed by atoms with Gasteiger partial charge in [-0.05, 0) is 44.6 Å². The van der Waals surface area contributed by atoms with Gasteiger partial charge in [-0.3, -0.25) is 4.79 Å². The molecular formula is C15H31NO2. The third-order valence-electron chi connectivity index (χ3n) is 3.16. The Labute approximate surface area is 112 Å². The quantitative estimate of drug-likeness (QED) is 0.609. The van der Waals surface area contributed by atoms with Crippen LogP contribution in [0.15, 0.2) is 0 Å². The van der Waals surface area contributed by atoms with E-state index in [0.717, 1.165) is 32.1 Å². The zero-order valence-corrected chi connectivity index (χ0v) is 12.6. The van der Waals surface area contributed by atoms with E-state index in [1.165, 1.54) is 0 Å². The first-order chi connectivity index (χ1) is 8.49. The van der Waals surface area contributed by atoms with Crippen LogP contribution < -0.4 is 5.73 Å². The van der Waals surface area contributed by atoms with Gasteiger partial charge < -0.3 is 10.5 Å². The maximum atomic E-state index is 11.7. The molecule has 0 aliphatic heterocycles. The molecule has 18 heavy (non-hydrogen) atoms. The average molecular weight is 257 g/mol. The number of hydrogen-bond acceptors (Lipinski definition) is 3. The van der Waals surface area contributed by atoms with Crippen molar-refractivity contribution in [2.24, 2.45) is 17.6 Å². The van der Waals surface area contributed by atoms with Gasteiger partial charge >= 0.3 is 5.97 Å². The summed E-state index contributed by atoms with van der Waals surface area (Å²) < 4.78 is 5.40. The van der Waals surface area contributed by atoms with Crippen LogP contribution >= 0.6 is 0 Å². The van der Waals surface area contributed by atoms with Crippen LogP contribution in [0.4, 0.5) is 0 Å². The highest BCUT2D eigenvalue weighted by molar-refractivity contribution is 5.69. The molecule has 0 fully saturated rings. The van der Waals surface area contributed by atoms with E-state index >= 15 is 0 Å². The van der Waals surface area contributed by atoms with Gasteiger partial charge in [-0.2, -0.15) is 0 Å². The van der Waals surface area contributed by atoms with Crippen molar-refractivity contribution in [2.45, 2.75) is 72.3 Å². The minimum atomic E-state index is -0.0544. The van der Waals surface area contributed by atoms with Gasteiger partial charge in [-0.1, -0.05) is 33.6 Å². The van der Waals surface area contributed by atoms with Crippen molar-refractivity contribution < 1.29 is 9.53 Å². The normalized spacial score (nSPS) is 14.6. The lowest BCUT2D eigenvalue weighted by Gasteiger charge is -2.17. The number of carbonyl (C=O) groups excluding carboxylic acids is 1. The molecule has 2 unspecified atom stereocenters. The van der Waals surface area contributed by atoms with Gasteiger partial charge in [0.1, 0.15) is 0 Å². The van der Waals surface area contributed by atoms with Crippen molar-refractivity contribution in [1.82, 2.24) is 0 Å². The maximum absolute atomic E-state index is 11.7. The fourth-order valence-corrected chi connectivity index (χ4v) is 2.39. The zero-order valence-electron chi connectivity index (χ0n) is 12.6. The molecule has 0 aromatic heterocycles. The van der Waals surface area contributed by atoms with Gasteiger partial charge in [0.05, 0.1) is 6.10 Å². The summed E-state index contributed by atoms with van der Waals surface area (Å²) in [6.07, 6.45) is 5.76. The van der Waals surface area contributed by atoms with Gasteiger partial charge in [0.2, 0.25) is 0 Å². The smallest absolute Gasteiger partial charge is 0.306 e. The number of carbonyl (C=O) groups is 1. The topological polar surface area (TPSA) is 52.3 Å². The molecule has 0 aromatic carbocycles. The predicted molar refractivity (Wildman–Crippen MR) is 76.3 cm³/mol. The highest BCUT2D eigenvalue weighted by Gasteiger charge is 2.14. The molecule has 0 aromatic rings. The second-order valence-electron chi connectivity index (χ2n) is 5.70. The van der Waals surface area contributed by atoms with Crippen molar-refractivity contribution in [3.05, 3.63) is 0 Å². The summed E-state index contributed by atoms with van der Waals surface area (Å²) >= 11 is 0. The second-order valence-corrected chi connectivity index (χ2v) is 5.70. The van der Waals surface area contributed by atoms with Gasteiger partial charge in [0.15, 0.2) is 0 Å². The molecule has 0 amide bonds. The largest absolute Gasteiger partial charge is 0.463 e. The van der Waals surface area contributed by atoms with Crippen LogP contribution in [0.3, 0.4) is 0 Å². The Morgan fingerprint density at radius 2 is 1.83 bits per heavy atom. The van der Waals surface area contributed by atoms with Crippen molar-refractivity contribution in [3.8, 4) is 0 Å². The number of esters is 1. The lowest BCUT2D eigenvalue weighted by atomic mass is 9.94. The van der Waals surface area contributed by atoms with Crippen LogP contribution in [0.1, 0.15) is 66.2 Å². The van der Waals surface area contributed by atoms with Crippen LogP contribution in [0.5, 0.6) is 0 Å². The van der Waals surface area contributed by atoms with Crippen molar-refractivity contribution in [2.75, 3.05) is 6.54 Å². The molecule has 0 heterocycles. The average Bonchev–Trinajstić information content (AvgIpc) is 2.25. The molecule has 2 N–H and O–H groups in total. The molecular weight excluding hydrogens is 226 g/mol. The summed E-state index contributed by atoms with van der Waals surface area (Å²) in [5, 5.41) is 0. The Balaban J connectivity index is 3.85. The van der Waals surface area contributed by atoms with Crippen molar-refractivity contribution in [1.29, 1.82) is 0 Å². The Hall–Kier alpha value is -0.570. The zero-order chi connectivity index (χ0) is 14.0. The minimum Gasteiger partial charge on any atom is -0.463 e. The highest BCUT2D eigenvalue weighted by Crippen LogP contribution is 2.18. The number of hydrogen-bond donors (Lipinski definition) is 1. The van der Waals surface area contributed by atoms with Crippen molar-refractivity contribution >= 4 is 5.97 Å². The lowest BCUT2D eigenvalue weighted by Crippen LogP contribution is -2.18. The minimum absolute atomic E-state index is 0.0385. The van der Waals surface area contributed by atoms with E-state index in [1.54, 1.807) is 0 Å². The summed E-state index contributed by atoms with van der Waals surface area (Å²) in [5.74, 6) is 1.09. The van der Waals surface area contributed by atoms with Gasteiger partial charge in [-0.25, -0.2) is 0 Å². The first-order valence-electron chi connectivity index (χ1n) is 7.39. The first kappa shape index (κ1) is 17.4. The fraction of sp³-hybridized carbons (Fsp3) is 0.933. The van der Waals surface area contributed by atoms with E-state index in [2.05, 4.69) is 20.8 Å². The van der Waals surface area contributed by atoms with Crippen molar-refractivity contribution in [3.63, 3.8) is 0 Å². The summed E-state index contributed by atoms with van der Waals surface area (Å²) in [4.78, 5) is 11.7. The number of nitrogens with two attached hydrogens (primary N) is 1. The van der Waals surface area contributed by atoms with E-state index in [4.69, 9.17) is 10.5 Å². The molecule has 0 aliphatic carbocycles. The monoisotopic (exact) mass is 257 g/mol. The molecule has 0 saturated heterocycles. The Bertz CT molecular complexity index is 211. The Morgan fingerprint density at radius 3 is 2.33 bits per heavy atom. The summed E-state index contributed by atoms with van der Waals surface area (Å²) in [6, 6.07) is 0. The van der Waals surface area contributed by atoms with Crippen LogP contribution in [0.25, 0.3) is 0 Å². The molecule has 0 bridgehead atoms. The third kappa shape index (κ3) is 9.46. The predicted octanol–water partition coefficient (Wildman–Crippen LogP) is 3.51. The Morgan fingerprint density at radius 1 is 1.17 bits per heavy atom. The summed E-state index contributed by atoms with van der Waals surface area (Å²) in [6.45, 7) is 9.14.